The molecule has 0 spiro atoms. The molecular weight excluding hydrogens is 320 g/mol. The highest BCUT2D eigenvalue weighted by Crippen LogP contribution is 2.15. The minimum absolute atomic E-state index is 0.427. The van der Waals surface area contributed by atoms with E-state index in [9.17, 15) is 5.11 Å². The Morgan fingerprint density at radius 2 is 1.38 bits per heavy atom. The number of aliphatic hydroxyl groups is 1. The summed E-state index contributed by atoms with van der Waals surface area (Å²) in [5.74, 6) is 0. The van der Waals surface area contributed by atoms with E-state index < -0.39 is 6.10 Å². The molecule has 0 aromatic carbocycles. The van der Waals surface area contributed by atoms with Gasteiger partial charge >= 0.3 is 0 Å². The molecule has 1 N–H and O–H groups in total. The number of rotatable bonds is 17. The topological polar surface area (TPSA) is 36.4 Å². The van der Waals surface area contributed by atoms with Crippen molar-refractivity contribution in [1.29, 1.82) is 0 Å². The number of unbranched alkanes of at least 4 members (excludes halogenated alkanes) is 10. The van der Waals surface area contributed by atoms with E-state index in [2.05, 4.69) is 23.7 Å². The van der Waals surface area contributed by atoms with Crippen LogP contribution < -0.4 is 0 Å². The van der Waals surface area contributed by atoms with Gasteiger partial charge in [-0.05, 0) is 32.0 Å². The summed E-state index contributed by atoms with van der Waals surface area (Å²) in [5.41, 5.74) is 0.934. The fourth-order valence-electron chi connectivity index (χ4n) is 3.45. The van der Waals surface area contributed by atoms with Crippen molar-refractivity contribution in [2.24, 2.45) is 0 Å². The SMILES string of the molecule is CCCCCCCCN(CCCCCCCC)C[C@H](O)c1cccnc1. The Kier molecular flexibility index (Phi) is 14.5. The highest BCUT2D eigenvalue weighted by Gasteiger charge is 2.13. The monoisotopic (exact) mass is 362 g/mol. The predicted molar refractivity (Wildman–Crippen MR) is 112 cm³/mol. The number of hydrogen-bond donors (Lipinski definition) is 1. The summed E-state index contributed by atoms with van der Waals surface area (Å²) in [7, 11) is 0. The lowest BCUT2D eigenvalue weighted by Gasteiger charge is -2.25. The predicted octanol–water partition coefficient (Wildman–Crippen LogP) is 6.14. The molecule has 0 amide bonds. The fraction of sp³-hybridized carbons (Fsp3) is 0.783. The van der Waals surface area contributed by atoms with Crippen LogP contribution in [-0.2, 0) is 0 Å². The zero-order valence-electron chi connectivity index (χ0n) is 17.3. The molecule has 1 aromatic heterocycles. The average Bonchev–Trinajstić information content (AvgIpc) is 2.67. The first-order valence-electron chi connectivity index (χ1n) is 11.1. The van der Waals surface area contributed by atoms with Crippen LogP contribution in [0.15, 0.2) is 24.5 Å². The average molecular weight is 363 g/mol. The second-order valence-corrected chi connectivity index (χ2v) is 7.64. The molecule has 150 valence electrons. The fourth-order valence-corrected chi connectivity index (χ4v) is 3.45. The third-order valence-corrected chi connectivity index (χ3v) is 5.16. The van der Waals surface area contributed by atoms with Gasteiger partial charge < -0.3 is 10.0 Å². The van der Waals surface area contributed by atoms with Gasteiger partial charge in [0.05, 0.1) is 6.10 Å². The third-order valence-electron chi connectivity index (χ3n) is 5.16. The molecule has 0 fully saturated rings. The zero-order chi connectivity index (χ0) is 18.9. The Hall–Kier alpha value is -0.930. The molecule has 26 heavy (non-hydrogen) atoms. The number of aliphatic hydroxyl groups excluding tert-OH is 1. The maximum atomic E-state index is 10.6. The van der Waals surface area contributed by atoms with Crippen LogP contribution in [0.25, 0.3) is 0 Å². The lowest BCUT2D eigenvalue weighted by Crippen LogP contribution is -2.31. The highest BCUT2D eigenvalue weighted by molar-refractivity contribution is 5.12. The van der Waals surface area contributed by atoms with E-state index in [1.54, 1.807) is 12.4 Å². The summed E-state index contributed by atoms with van der Waals surface area (Å²) >= 11 is 0. The first-order chi connectivity index (χ1) is 12.8. The first-order valence-corrected chi connectivity index (χ1v) is 11.1. The van der Waals surface area contributed by atoms with Gasteiger partial charge in [0, 0.05) is 24.5 Å². The molecule has 0 aliphatic heterocycles. The minimum atomic E-state index is -0.427. The van der Waals surface area contributed by atoms with Crippen LogP contribution in [0.5, 0.6) is 0 Å². The summed E-state index contributed by atoms with van der Waals surface area (Å²) in [6.07, 6.45) is 19.0. The lowest BCUT2D eigenvalue weighted by molar-refractivity contribution is 0.110. The van der Waals surface area contributed by atoms with Crippen molar-refractivity contribution >= 4 is 0 Å². The number of hydrogen-bond acceptors (Lipinski definition) is 3. The molecule has 1 rings (SSSR count). The summed E-state index contributed by atoms with van der Waals surface area (Å²) in [6, 6.07) is 3.88. The van der Waals surface area contributed by atoms with Crippen molar-refractivity contribution in [3.05, 3.63) is 30.1 Å². The molecular formula is C23H42N2O. The molecule has 0 bridgehead atoms. The van der Waals surface area contributed by atoms with Crippen molar-refractivity contribution in [3.63, 3.8) is 0 Å². The van der Waals surface area contributed by atoms with Crippen LogP contribution in [0.2, 0.25) is 0 Å². The molecule has 3 heteroatoms. The van der Waals surface area contributed by atoms with Crippen LogP contribution in [0, 0.1) is 0 Å². The standard InChI is InChI=1S/C23H42N2O/c1-3-5-7-9-11-13-18-25(19-14-12-10-8-6-4-2)21-23(26)22-16-15-17-24-20-22/h15-17,20,23,26H,3-14,18-19,21H2,1-2H3/t23-/m0/s1. The molecule has 1 atom stereocenters. The molecule has 0 radical (unpaired) electrons. The normalized spacial score (nSPS) is 12.6. The van der Waals surface area contributed by atoms with Gasteiger partial charge in [-0.2, -0.15) is 0 Å². The Morgan fingerprint density at radius 1 is 0.846 bits per heavy atom. The van der Waals surface area contributed by atoms with Gasteiger partial charge in [0.2, 0.25) is 0 Å². The smallest absolute Gasteiger partial charge is 0.0931 e. The first kappa shape index (κ1) is 23.1. The molecule has 0 saturated heterocycles. The summed E-state index contributed by atoms with van der Waals surface area (Å²) in [4.78, 5) is 6.61. The van der Waals surface area contributed by atoms with Gasteiger partial charge in [-0.3, -0.25) is 4.98 Å². The molecule has 0 saturated carbocycles. The molecule has 1 heterocycles. The molecule has 1 aromatic rings. The van der Waals surface area contributed by atoms with E-state index in [1.807, 2.05) is 12.1 Å². The lowest BCUT2D eigenvalue weighted by atomic mass is 10.1. The van der Waals surface area contributed by atoms with E-state index in [0.29, 0.717) is 0 Å². The number of pyridine rings is 1. The molecule has 3 nitrogen and oxygen atoms in total. The van der Waals surface area contributed by atoms with Crippen molar-refractivity contribution in [2.45, 2.75) is 97.0 Å². The van der Waals surface area contributed by atoms with Gasteiger partial charge in [0.25, 0.3) is 0 Å². The largest absolute Gasteiger partial charge is 0.387 e. The van der Waals surface area contributed by atoms with Crippen LogP contribution >= 0.6 is 0 Å². The van der Waals surface area contributed by atoms with Crippen LogP contribution in [0.3, 0.4) is 0 Å². The molecule has 0 aliphatic carbocycles. The van der Waals surface area contributed by atoms with Gasteiger partial charge in [0.1, 0.15) is 0 Å². The molecule has 0 aliphatic rings. The summed E-state index contributed by atoms with van der Waals surface area (Å²) in [6.45, 7) is 7.48. The van der Waals surface area contributed by atoms with Crippen molar-refractivity contribution in [1.82, 2.24) is 9.88 Å². The van der Waals surface area contributed by atoms with Crippen LogP contribution in [0.4, 0.5) is 0 Å². The summed E-state index contributed by atoms with van der Waals surface area (Å²) in [5, 5.41) is 10.6. The van der Waals surface area contributed by atoms with Gasteiger partial charge in [-0.25, -0.2) is 0 Å². The van der Waals surface area contributed by atoms with E-state index in [4.69, 9.17) is 0 Å². The van der Waals surface area contributed by atoms with E-state index >= 15 is 0 Å². The van der Waals surface area contributed by atoms with Gasteiger partial charge in [-0.1, -0.05) is 84.1 Å². The van der Waals surface area contributed by atoms with E-state index in [0.717, 1.165) is 25.2 Å². The Balaban J connectivity index is 2.33. The summed E-state index contributed by atoms with van der Waals surface area (Å²) < 4.78 is 0. The van der Waals surface area contributed by atoms with Crippen molar-refractivity contribution in [2.75, 3.05) is 19.6 Å². The second kappa shape index (κ2) is 16.3. The van der Waals surface area contributed by atoms with Gasteiger partial charge in [0.15, 0.2) is 0 Å². The van der Waals surface area contributed by atoms with Crippen molar-refractivity contribution in [3.8, 4) is 0 Å². The van der Waals surface area contributed by atoms with Crippen LogP contribution in [0.1, 0.15) is 103 Å². The van der Waals surface area contributed by atoms with Gasteiger partial charge in [-0.15, -0.1) is 0 Å². The third kappa shape index (κ3) is 11.6. The Morgan fingerprint density at radius 3 is 1.88 bits per heavy atom. The Labute approximate surface area is 162 Å². The number of nitrogens with zero attached hydrogens (tertiary/aromatic N) is 2. The van der Waals surface area contributed by atoms with E-state index in [-0.39, 0.29) is 0 Å². The van der Waals surface area contributed by atoms with Crippen molar-refractivity contribution < 1.29 is 5.11 Å². The second-order valence-electron chi connectivity index (χ2n) is 7.64. The molecule has 0 unspecified atom stereocenters. The zero-order valence-corrected chi connectivity index (χ0v) is 17.3. The quantitative estimate of drug-likeness (QED) is 0.338. The van der Waals surface area contributed by atoms with Crippen LogP contribution in [-0.4, -0.2) is 34.6 Å². The maximum Gasteiger partial charge on any atom is 0.0931 e. The van der Waals surface area contributed by atoms with E-state index in [1.165, 1.54) is 77.0 Å². The number of aromatic nitrogens is 1. The Bertz CT molecular complexity index is 394. The highest BCUT2D eigenvalue weighted by atomic mass is 16.3. The minimum Gasteiger partial charge on any atom is -0.387 e. The maximum absolute atomic E-state index is 10.6.